The Morgan fingerprint density at radius 3 is 2.37 bits per heavy atom. The van der Waals surface area contributed by atoms with Gasteiger partial charge in [-0.05, 0) is 23.8 Å². The third-order valence-corrected chi connectivity index (χ3v) is 13.2. The summed E-state index contributed by atoms with van der Waals surface area (Å²) in [6.07, 6.45) is -7.23. The standard InChI is InChI=1S/C34H44N7O20P3S/c1-34(2,28(47)31(48)37-7-6-23(45)36-8-9-65-33(49)24-20(11-19(43)12-21(24)44)17-4-3-5-18(42)10-17)14-58-64(55,56)61-63(53,54)57-13-22-27(60-62(50,51)52)26(46)32(59-22)41-16-40-25-29(35)38-15-39-30(25)41/h3-5,10-12,15-16,22,26-28,32,42-44,46-47H,6-9,13-14H2,1-2H3,(H,36,45)(H,37,48)(H,53,54)(H,55,56)(H2,35,38,39)(H2,50,51,52)/t22-,26-,27-,28+,32-/m1/s1. The minimum Gasteiger partial charge on any atom is -0.508 e. The van der Waals surface area contributed by atoms with Crippen molar-refractivity contribution in [3.63, 3.8) is 0 Å². The van der Waals surface area contributed by atoms with Crippen LogP contribution >= 0.6 is 35.2 Å². The van der Waals surface area contributed by atoms with Crippen molar-refractivity contribution >= 4 is 69.1 Å². The molecule has 65 heavy (non-hydrogen) atoms. The van der Waals surface area contributed by atoms with Crippen LogP contribution in [0.15, 0.2) is 49.1 Å². The van der Waals surface area contributed by atoms with Crippen molar-refractivity contribution in [2.75, 3.05) is 37.8 Å². The number of rotatable bonds is 21. The van der Waals surface area contributed by atoms with Crippen LogP contribution in [0.25, 0.3) is 22.3 Å². The van der Waals surface area contributed by atoms with Crippen molar-refractivity contribution in [1.82, 2.24) is 30.2 Å². The van der Waals surface area contributed by atoms with Gasteiger partial charge < -0.3 is 66.2 Å². The molecule has 356 valence electrons. The Morgan fingerprint density at radius 1 is 0.969 bits per heavy atom. The summed E-state index contributed by atoms with van der Waals surface area (Å²) in [5.41, 5.74) is 4.56. The van der Waals surface area contributed by atoms with Gasteiger partial charge in [-0.25, -0.2) is 28.6 Å². The maximum Gasteiger partial charge on any atom is 0.481 e. The molecule has 4 aromatic rings. The van der Waals surface area contributed by atoms with E-state index in [4.69, 9.17) is 19.5 Å². The van der Waals surface area contributed by atoms with Crippen molar-refractivity contribution in [1.29, 1.82) is 0 Å². The number of nitrogens with two attached hydrogens (primary N) is 1. The number of aromatic hydroxyl groups is 3. The predicted molar refractivity (Wildman–Crippen MR) is 223 cm³/mol. The van der Waals surface area contributed by atoms with Crippen LogP contribution in [0.3, 0.4) is 0 Å². The number of thioether (sulfide) groups is 1. The molecule has 2 amide bonds. The molecule has 27 nitrogen and oxygen atoms in total. The molecule has 5 rings (SSSR count). The first-order valence-electron chi connectivity index (χ1n) is 18.7. The lowest BCUT2D eigenvalue weighted by atomic mass is 9.87. The van der Waals surface area contributed by atoms with Crippen LogP contribution < -0.4 is 16.4 Å². The van der Waals surface area contributed by atoms with Crippen molar-refractivity contribution in [2.24, 2.45) is 5.41 Å². The molecule has 2 aromatic carbocycles. The van der Waals surface area contributed by atoms with E-state index in [9.17, 15) is 73.2 Å². The molecule has 1 fully saturated rings. The number of hydrogen-bond acceptors (Lipinski definition) is 21. The summed E-state index contributed by atoms with van der Waals surface area (Å²) in [6.45, 7) is 0.0159. The van der Waals surface area contributed by atoms with Gasteiger partial charge in [-0.1, -0.05) is 37.7 Å². The molecule has 0 aliphatic carbocycles. The van der Waals surface area contributed by atoms with E-state index in [1.807, 2.05) is 0 Å². The number of nitrogens with one attached hydrogen (secondary N) is 2. The van der Waals surface area contributed by atoms with Crippen LogP contribution in [0.5, 0.6) is 17.2 Å². The highest BCUT2D eigenvalue weighted by Gasteiger charge is 2.50. The molecule has 13 N–H and O–H groups in total. The summed E-state index contributed by atoms with van der Waals surface area (Å²) in [6, 6.07) is 8.07. The number of hydrogen-bond donors (Lipinski definition) is 12. The largest absolute Gasteiger partial charge is 0.508 e. The van der Waals surface area contributed by atoms with E-state index < -0.39 is 95.4 Å². The number of nitrogen functional groups attached to an aromatic ring is 1. The number of carbonyl (C=O) groups is 3. The van der Waals surface area contributed by atoms with Gasteiger partial charge in [0.25, 0.3) is 0 Å². The lowest BCUT2D eigenvalue weighted by molar-refractivity contribution is -0.137. The number of imidazole rings is 1. The summed E-state index contributed by atoms with van der Waals surface area (Å²) in [7, 11) is -16.5. The van der Waals surface area contributed by atoms with Gasteiger partial charge in [0.05, 0.1) is 25.1 Å². The number of phenolic OH excluding ortho intramolecular Hbond substituents is 3. The fourth-order valence-corrected chi connectivity index (χ4v) is 9.65. The molecule has 7 atom stereocenters. The van der Waals surface area contributed by atoms with E-state index in [2.05, 4.69) is 34.4 Å². The number of amides is 2. The van der Waals surface area contributed by atoms with E-state index in [0.29, 0.717) is 5.56 Å². The first kappa shape index (κ1) is 51.4. The molecule has 31 heteroatoms. The van der Waals surface area contributed by atoms with Crippen LogP contribution in [-0.4, -0.2) is 138 Å². The Kier molecular flexibility index (Phi) is 16.5. The second-order valence-electron chi connectivity index (χ2n) is 14.6. The highest BCUT2D eigenvalue weighted by Crippen LogP contribution is 2.61. The van der Waals surface area contributed by atoms with Crippen molar-refractivity contribution in [3.8, 4) is 28.4 Å². The number of benzene rings is 2. The predicted octanol–water partition coefficient (Wildman–Crippen LogP) is 0.762. The van der Waals surface area contributed by atoms with Gasteiger partial charge in [-0.2, -0.15) is 4.31 Å². The number of aliphatic hydroxyl groups excluding tert-OH is 2. The molecule has 0 spiro atoms. The molecular formula is C34H44N7O20P3S. The number of phosphoric acid groups is 3. The average Bonchev–Trinajstić information content (AvgIpc) is 3.77. The molecule has 3 heterocycles. The Hall–Kier alpha value is -4.60. The maximum absolute atomic E-state index is 13.0. The summed E-state index contributed by atoms with van der Waals surface area (Å²) in [5, 5.41) is 56.1. The van der Waals surface area contributed by atoms with Crippen LogP contribution in [-0.2, 0) is 45.9 Å². The van der Waals surface area contributed by atoms with Gasteiger partial charge in [0.15, 0.2) is 17.7 Å². The van der Waals surface area contributed by atoms with Crippen LogP contribution in [0.2, 0.25) is 0 Å². The summed E-state index contributed by atoms with van der Waals surface area (Å²) in [4.78, 5) is 89.2. The number of anilines is 1. The Labute approximate surface area is 371 Å². The molecule has 0 bridgehead atoms. The van der Waals surface area contributed by atoms with Gasteiger partial charge >= 0.3 is 23.5 Å². The topological polar surface area (TPSA) is 424 Å². The van der Waals surface area contributed by atoms with E-state index in [0.717, 1.165) is 35.0 Å². The second kappa shape index (κ2) is 20.9. The molecule has 1 aliphatic heterocycles. The summed E-state index contributed by atoms with van der Waals surface area (Å²) < 4.78 is 62.3. The molecule has 0 radical (unpaired) electrons. The maximum atomic E-state index is 13.0. The number of phenols is 3. The van der Waals surface area contributed by atoms with E-state index in [-0.39, 0.29) is 64.9 Å². The molecular weight excluding hydrogens is 951 g/mol. The molecule has 2 aromatic heterocycles. The van der Waals surface area contributed by atoms with E-state index >= 15 is 0 Å². The lowest BCUT2D eigenvalue weighted by Gasteiger charge is -2.30. The molecule has 2 unspecified atom stereocenters. The average molecular weight is 996 g/mol. The van der Waals surface area contributed by atoms with Crippen LogP contribution in [0.4, 0.5) is 5.82 Å². The van der Waals surface area contributed by atoms with Crippen LogP contribution in [0.1, 0.15) is 36.9 Å². The zero-order chi connectivity index (χ0) is 48.1. The number of carbonyl (C=O) groups excluding carboxylic acids is 3. The number of phosphoric ester groups is 3. The van der Waals surface area contributed by atoms with Gasteiger partial charge in [0.1, 0.15) is 53.5 Å². The minimum atomic E-state index is -5.62. The summed E-state index contributed by atoms with van der Waals surface area (Å²) >= 11 is 0.752. The van der Waals surface area contributed by atoms with E-state index in [1.54, 1.807) is 6.07 Å². The number of aliphatic hydroxyl groups is 2. The van der Waals surface area contributed by atoms with Gasteiger partial charge in [-0.3, -0.25) is 32.5 Å². The molecule has 1 saturated heterocycles. The lowest BCUT2D eigenvalue weighted by Crippen LogP contribution is -2.46. The van der Waals surface area contributed by atoms with Crippen molar-refractivity contribution in [3.05, 3.63) is 54.6 Å². The van der Waals surface area contributed by atoms with E-state index in [1.165, 1.54) is 38.1 Å². The Bertz CT molecular complexity index is 2550. The van der Waals surface area contributed by atoms with Gasteiger partial charge in [-0.15, -0.1) is 0 Å². The number of ether oxygens (including phenoxy) is 1. The monoisotopic (exact) mass is 995 g/mol. The zero-order valence-electron chi connectivity index (χ0n) is 33.9. The Balaban J connectivity index is 1.05. The number of nitrogens with zero attached hydrogens (tertiary/aromatic N) is 4. The SMILES string of the molecule is CC(C)(COP(=O)(O)OP(=O)(O)OC[C@H]1O[C@@H](n2cnc3c(N)ncnc32)[C@H](O)[C@@H]1OP(=O)(O)O)[C@@H](O)C(=O)NCCC(=O)NCCSC(=O)c1c(O)cc(O)cc1-c1cccc(O)c1. The molecule has 0 saturated carbocycles. The third kappa shape index (κ3) is 13.7. The summed E-state index contributed by atoms with van der Waals surface area (Å²) in [5.74, 6) is -2.54. The van der Waals surface area contributed by atoms with Crippen molar-refractivity contribution < 1.29 is 95.8 Å². The third-order valence-electron chi connectivity index (χ3n) is 9.20. The van der Waals surface area contributed by atoms with Gasteiger partial charge in [0.2, 0.25) is 16.9 Å². The zero-order valence-corrected chi connectivity index (χ0v) is 37.4. The second-order valence-corrected chi connectivity index (χ2v) is 19.9. The highest BCUT2D eigenvalue weighted by atomic mass is 32.2. The normalized spacial score (nSPS) is 20.2. The number of aromatic nitrogens is 4. The van der Waals surface area contributed by atoms with Crippen LogP contribution in [0, 0.1) is 5.41 Å². The first-order valence-corrected chi connectivity index (χ1v) is 24.2. The minimum absolute atomic E-state index is 0.0131. The van der Waals surface area contributed by atoms with Crippen molar-refractivity contribution in [2.45, 2.75) is 50.9 Å². The number of fused-ring (bicyclic) bond motifs is 1. The highest BCUT2D eigenvalue weighted by molar-refractivity contribution is 8.14. The fraction of sp³-hybridized carbons (Fsp3) is 0.412. The fourth-order valence-electron chi connectivity index (χ4n) is 6.07. The quantitative estimate of drug-likeness (QED) is 0.0405. The first-order chi connectivity index (χ1) is 30.3. The molecule has 1 aliphatic rings. The Morgan fingerprint density at radius 2 is 1.68 bits per heavy atom. The smallest absolute Gasteiger partial charge is 0.481 e. The van der Waals surface area contributed by atoms with Gasteiger partial charge in [0, 0.05) is 42.3 Å².